The lowest BCUT2D eigenvalue weighted by Crippen LogP contribution is -2.45. The van der Waals surface area contributed by atoms with E-state index in [4.69, 9.17) is 0 Å². The number of sulfonamides is 1. The van der Waals surface area contributed by atoms with Gasteiger partial charge < -0.3 is 5.32 Å². The highest BCUT2D eigenvalue weighted by atomic mass is 32.2. The third-order valence-electron chi connectivity index (χ3n) is 4.75. The van der Waals surface area contributed by atoms with Gasteiger partial charge in [-0.15, -0.1) is 0 Å². The van der Waals surface area contributed by atoms with E-state index in [9.17, 15) is 17.6 Å². The lowest BCUT2D eigenvalue weighted by Gasteiger charge is -2.34. The van der Waals surface area contributed by atoms with Crippen molar-refractivity contribution in [2.75, 3.05) is 6.54 Å². The molecule has 0 aliphatic carbocycles. The van der Waals surface area contributed by atoms with E-state index in [1.54, 1.807) is 0 Å². The summed E-state index contributed by atoms with van der Waals surface area (Å²) in [6.45, 7) is 0.785. The van der Waals surface area contributed by atoms with Crippen LogP contribution in [-0.2, 0) is 21.4 Å². The van der Waals surface area contributed by atoms with E-state index in [0.717, 1.165) is 30.5 Å². The molecule has 0 radical (unpaired) electrons. The van der Waals surface area contributed by atoms with Crippen LogP contribution in [0.1, 0.15) is 31.2 Å². The van der Waals surface area contributed by atoms with E-state index in [1.165, 1.54) is 16.4 Å². The third-order valence-corrected chi connectivity index (χ3v) is 6.71. The summed E-state index contributed by atoms with van der Waals surface area (Å²) in [5.74, 6) is -0.658. The molecule has 2 aromatic carbocycles. The highest BCUT2D eigenvalue weighted by molar-refractivity contribution is 7.89. The lowest BCUT2D eigenvalue weighted by atomic mass is 10.0. The number of carbonyl (C=O) groups is 1. The van der Waals surface area contributed by atoms with Crippen LogP contribution in [-0.4, -0.2) is 31.2 Å². The number of hydrogen-bond acceptors (Lipinski definition) is 3. The fourth-order valence-electron chi connectivity index (χ4n) is 3.32. The molecule has 5 nitrogen and oxygen atoms in total. The number of amides is 1. The molecule has 1 amide bonds. The Balaban J connectivity index is 1.67. The Morgan fingerprint density at radius 2 is 1.78 bits per heavy atom. The summed E-state index contributed by atoms with van der Waals surface area (Å²) in [6.07, 6.45) is 2.39. The standard InChI is InChI=1S/C20H23FN2O3S/c21-17-9-11-19(12-10-17)27(25,26)23-13-5-4-8-18(23)14-20(24)22-15-16-6-2-1-3-7-16/h1-3,6-7,9-12,18H,4-5,8,13-15H2,(H,22,24)/t18-/m1/s1. The van der Waals surface area contributed by atoms with Gasteiger partial charge in [0.1, 0.15) is 5.82 Å². The first-order chi connectivity index (χ1) is 13.0. The first-order valence-corrected chi connectivity index (χ1v) is 10.5. The first-order valence-electron chi connectivity index (χ1n) is 9.05. The molecule has 1 aliphatic rings. The Hall–Kier alpha value is -2.25. The molecule has 144 valence electrons. The molecule has 2 aromatic rings. The van der Waals surface area contributed by atoms with Gasteiger partial charge in [0.15, 0.2) is 0 Å². The lowest BCUT2D eigenvalue weighted by molar-refractivity contribution is -0.122. The van der Waals surface area contributed by atoms with Crippen LogP contribution in [0.4, 0.5) is 4.39 Å². The number of hydrogen-bond donors (Lipinski definition) is 1. The van der Waals surface area contributed by atoms with E-state index in [2.05, 4.69) is 5.32 Å². The molecule has 0 aromatic heterocycles. The predicted octanol–water partition coefficient (Wildman–Crippen LogP) is 3.08. The fraction of sp³-hybridized carbons (Fsp3) is 0.350. The Labute approximate surface area is 159 Å². The first kappa shape index (κ1) is 19.5. The van der Waals surface area contributed by atoms with Crippen molar-refractivity contribution in [3.63, 3.8) is 0 Å². The highest BCUT2D eigenvalue weighted by Gasteiger charge is 2.34. The minimum Gasteiger partial charge on any atom is -0.352 e. The second kappa shape index (κ2) is 8.63. The van der Waals surface area contributed by atoms with Crippen molar-refractivity contribution in [3.8, 4) is 0 Å². The van der Waals surface area contributed by atoms with Crippen LogP contribution in [0.3, 0.4) is 0 Å². The Morgan fingerprint density at radius 3 is 2.48 bits per heavy atom. The number of benzene rings is 2. The van der Waals surface area contributed by atoms with E-state index in [-0.39, 0.29) is 23.3 Å². The van der Waals surface area contributed by atoms with Gasteiger partial charge in [0.2, 0.25) is 15.9 Å². The molecule has 0 spiro atoms. The normalized spacial score (nSPS) is 18.2. The summed E-state index contributed by atoms with van der Waals surface area (Å²) in [4.78, 5) is 12.4. The zero-order valence-electron chi connectivity index (χ0n) is 15.0. The molecular weight excluding hydrogens is 367 g/mol. The van der Waals surface area contributed by atoms with E-state index in [1.807, 2.05) is 30.3 Å². The SMILES string of the molecule is O=C(C[C@H]1CCCCN1S(=O)(=O)c1ccc(F)cc1)NCc1ccccc1. The maximum atomic E-state index is 13.1. The predicted molar refractivity (Wildman–Crippen MR) is 101 cm³/mol. The smallest absolute Gasteiger partial charge is 0.243 e. The van der Waals surface area contributed by atoms with Gasteiger partial charge in [-0.3, -0.25) is 4.79 Å². The van der Waals surface area contributed by atoms with E-state index in [0.29, 0.717) is 19.5 Å². The van der Waals surface area contributed by atoms with Crippen LogP contribution < -0.4 is 5.32 Å². The zero-order valence-corrected chi connectivity index (χ0v) is 15.8. The van der Waals surface area contributed by atoms with Crippen LogP contribution in [0.25, 0.3) is 0 Å². The van der Waals surface area contributed by atoms with Crippen molar-refractivity contribution in [3.05, 3.63) is 66.0 Å². The van der Waals surface area contributed by atoms with Crippen LogP contribution in [0.5, 0.6) is 0 Å². The van der Waals surface area contributed by atoms with Crippen molar-refractivity contribution in [1.82, 2.24) is 9.62 Å². The Kier molecular flexibility index (Phi) is 6.23. The Bertz CT molecular complexity index is 870. The van der Waals surface area contributed by atoms with Crippen LogP contribution >= 0.6 is 0 Å². The number of rotatable bonds is 6. The van der Waals surface area contributed by atoms with Gasteiger partial charge in [-0.05, 0) is 42.7 Å². The van der Waals surface area contributed by atoms with Gasteiger partial charge in [-0.25, -0.2) is 12.8 Å². The van der Waals surface area contributed by atoms with Gasteiger partial charge in [-0.2, -0.15) is 4.31 Å². The quantitative estimate of drug-likeness (QED) is 0.824. The van der Waals surface area contributed by atoms with Crippen LogP contribution in [0.15, 0.2) is 59.5 Å². The van der Waals surface area contributed by atoms with Crippen molar-refractivity contribution in [2.24, 2.45) is 0 Å². The summed E-state index contributed by atoms with van der Waals surface area (Å²) >= 11 is 0. The number of halogens is 1. The van der Waals surface area contributed by atoms with Crippen molar-refractivity contribution >= 4 is 15.9 Å². The molecule has 1 aliphatic heterocycles. The van der Waals surface area contributed by atoms with Crippen LogP contribution in [0, 0.1) is 5.82 Å². The van der Waals surface area contributed by atoms with E-state index < -0.39 is 15.8 Å². The van der Waals surface area contributed by atoms with Gasteiger partial charge in [0.05, 0.1) is 4.90 Å². The molecule has 27 heavy (non-hydrogen) atoms. The number of carbonyl (C=O) groups excluding carboxylic acids is 1. The monoisotopic (exact) mass is 390 g/mol. The Morgan fingerprint density at radius 1 is 1.07 bits per heavy atom. The maximum Gasteiger partial charge on any atom is 0.243 e. The summed E-state index contributed by atoms with van der Waals surface area (Å²) in [6, 6.07) is 14.0. The minimum absolute atomic E-state index is 0.0560. The molecular formula is C20H23FN2O3S. The zero-order chi connectivity index (χ0) is 19.3. The largest absolute Gasteiger partial charge is 0.352 e. The van der Waals surface area contributed by atoms with Gasteiger partial charge in [-0.1, -0.05) is 36.8 Å². The third kappa shape index (κ3) is 4.93. The van der Waals surface area contributed by atoms with Gasteiger partial charge in [0.25, 0.3) is 0 Å². The maximum absolute atomic E-state index is 13.1. The number of piperidine rings is 1. The molecule has 1 fully saturated rings. The molecule has 1 N–H and O–H groups in total. The number of nitrogens with one attached hydrogen (secondary N) is 1. The molecule has 1 heterocycles. The average molecular weight is 390 g/mol. The number of nitrogens with zero attached hydrogens (tertiary/aromatic N) is 1. The fourth-order valence-corrected chi connectivity index (χ4v) is 5.01. The van der Waals surface area contributed by atoms with E-state index >= 15 is 0 Å². The summed E-state index contributed by atoms with van der Waals surface area (Å²) in [7, 11) is -3.75. The molecule has 0 unspecified atom stereocenters. The average Bonchev–Trinajstić information content (AvgIpc) is 2.68. The van der Waals surface area contributed by atoms with Crippen molar-refractivity contribution in [1.29, 1.82) is 0 Å². The van der Waals surface area contributed by atoms with Crippen molar-refractivity contribution < 1.29 is 17.6 Å². The molecule has 0 saturated carbocycles. The molecule has 1 atom stereocenters. The minimum atomic E-state index is -3.75. The highest BCUT2D eigenvalue weighted by Crippen LogP contribution is 2.27. The van der Waals surface area contributed by atoms with Crippen LogP contribution in [0.2, 0.25) is 0 Å². The van der Waals surface area contributed by atoms with Gasteiger partial charge in [0, 0.05) is 25.6 Å². The summed E-state index contributed by atoms with van der Waals surface area (Å²) in [5.41, 5.74) is 0.991. The topological polar surface area (TPSA) is 66.5 Å². The molecule has 7 heteroatoms. The van der Waals surface area contributed by atoms with Crippen molar-refractivity contribution in [2.45, 2.75) is 43.2 Å². The second-order valence-electron chi connectivity index (χ2n) is 6.69. The summed E-state index contributed by atoms with van der Waals surface area (Å²) in [5, 5.41) is 2.86. The molecule has 3 rings (SSSR count). The summed E-state index contributed by atoms with van der Waals surface area (Å²) < 4.78 is 40.4. The van der Waals surface area contributed by atoms with Gasteiger partial charge >= 0.3 is 0 Å². The molecule has 0 bridgehead atoms. The second-order valence-corrected chi connectivity index (χ2v) is 8.58. The molecule has 1 saturated heterocycles.